The normalized spacial score (nSPS) is 12.9. The molecule has 1 rings (SSSR count). The lowest BCUT2D eigenvalue weighted by molar-refractivity contribution is 0.0924. The quantitative estimate of drug-likeness (QED) is 0.857. The average Bonchev–Trinajstić information content (AvgIpc) is 2.60. The van der Waals surface area contributed by atoms with Gasteiger partial charge in [-0.25, -0.2) is 0 Å². The maximum atomic E-state index is 11.5. The number of amides is 1. The molecule has 0 aromatic carbocycles. The van der Waals surface area contributed by atoms with Crippen LogP contribution in [0.1, 0.15) is 24.4 Å². The number of rotatable bonds is 4. The standard InChI is InChI=1S/C10H13Br2NO2/c1-6(2)7(11)5-13-10(14)8-3-4-9(12)15-8/h3-4,6-7H,5H2,1-2H3,(H,13,14). The predicted octanol–water partition coefficient (Wildman–Crippen LogP) is 3.19. The number of hydrogen-bond donors (Lipinski definition) is 1. The zero-order valence-corrected chi connectivity index (χ0v) is 11.8. The molecule has 1 aromatic rings. The third-order valence-corrected chi connectivity index (χ3v) is 3.79. The van der Waals surface area contributed by atoms with E-state index >= 15 is 0 Å². The number of carbonyl (C=O) groups excluding carboxylic acids is 1. The van der Waals surface area contributed by atoms with Crippen molar-refractivity contribution in [2.24, 2.45) is 5.92 Å². The summed E-state index contributed by atoms with van der Waals surface area (Å²) in [6.45, 7) is 4.78. The van der Waals surface area contributed by atoms with E-state index in [0.717, 1.165) is 0 Å². The topological polar surface area (TPSA) is 42.2 Å². The lowest BCUT2D eigenvalue weighted by Gasteiger charge is -2.13. The Hall–Kier alpha value is -0.290. The summed E-state index contributed by atoms with van der Waals surface area (Å²) in [5, 5.41) is 2.79. The van der Waals surface area contributed by atoms with E-state index in [2.05, 4.69) is 51.0 Å². The summed E-state index contributed by atoms with van der Waals surface area (Å²) < 4.78 is 5.69. The second kappa shape index (κ2) is 5.70. The van der Waals surface area contributed by atoms with Crippen LogP contribution < -0.4 is 5.32 Å². The summed E-state index contributed by atoms with van der Waals surface area (Å²) in [5.41, 5.74) is 0. The molecule has 5 heteroatoms. The van der Waals surface area contributed by atoms with Gasteiger partial charge in [0, 0.05) is 11.4 Å². The van der Waals surface area contributed by atoms with Gasteiger partial charge in [-0.2, -0.15) is 0 Å². The van der Waals surface area contributed by atoms with Gasteiger partial charge >= 0.3 is 0 Å². The van der Waals surface area contributed by atoms with E-state index < -0.39 is 0 Å². The molecule has 1 unspecified atom stereocenters. The van der Waals surface area contributed by atoms with E-state index in [-0.39, 0.29) is 10.7 Å². The van der Waals surface area contributed by atoms with E-state index in [4.69, 9.17) is 4.42 Å². The Kier molecular flexibility index (Phi) is 4.86. The highest BCUT2D eigenvalue weighted by molar-refractivity contribution is 9.10. The molecule has 0 fully saturated rings. The smallest absolute Gasteiger partial charge is 0.287 e. The molecular weight excluding hydrogens is 326 g/mol. The van der Waals surface area contributed by atoms with Crippen LogP contribution >= 0.6 is 31.9 Å². The number of nitrogens with one attached hydrogen (secondary N) is 1. The molecule has 1 amide bonds. The van der Waals surface area contributed by atoms with Crippen LogP contribution in [0.25, 0.3) is 0 Å². The van der Waals surface area contributed by atoms with E-state index in [1.807, 2.05) is 0 Å². The van der Waals surface area contributed by atoms with Crippen molar-refractivity contribution in [3.8, 4) is 0 Å². The van der Waals surface area contributed by atoms with Crippen molar-refractivity contribution in [1.29, 1.82) is 0 Å². The fourth-order valence-electron chi connectivity index (χ4n) is 0.949. The molecular formula is C10H13Br2NO2. The van der Waals surface area contributed by atoms with Crippen molar-refractivity contribution in [2.75, 3.05) is 6.54 Å². The highest BCUT2D eigenvalue weighted by atomic mass is 79.9. The number of carbonyl (C=O) groups is 1. The van der Waals surface area contributed by atoms with Gasteiger partial charge < -0.3 is 9.73 Å². The van der Waals surface area contributed by atoms with E-state index in [1.54, 1.807) is 12.1 Å². The molecule has 0 bridgehead atoms. The van der Waals surface area contributed by atoms with Crippen molar-refractivity contribution >= 4 is 37.8 Å². The molecule has 1 atom stereocenters. The van der Waals surface area contributed by atoms with Crippen molar-refractivity contribution in [2.45, 2.75) is 18.7 Å². The summed E-state index contributed by atoms with van der Waals surface area (Å²) in [4.78, 5) is 11.8. The van der Waals surface area contributed by atoms with E-state index in [9.17, 15) is 4.79 Å². The van der Waals surface area contributed by atoms with Crippen molar-refractivity contribution in [1.82, 2.24) is 5.32 Å². The zero-order chi connectivity index (χ0) is 11.4. The Bertz CT molecular complexity index is 336. The van der Waals surface area contributed by atoms with Gasteiger partial charge in [-0.1, -0.05) is 29.8 Å². The molecule has 0 spiro atoms. The van der Waals surface area contributed by atoms with Gasteiger partial charge in [-0.15, -0.1) is 0 Å². The van der Waals surface area contributed by atoms with Crippen LogP contribution in [-0.4, -0.2) is 17.3 Å². The first-order valence-electron chi connectivity index (χ1n) is 4.68. The molecule has 84 valence electrons. The van der Waals surface area contributed by atoms with Crippen LogP contribution in [0.4, 0.5) is 0 Å². The summed E-state index contributed by atoms with van der Waals surface area (Å²) in [6, 6.07) is 3.33. The maximum Gasteiger partial charge on any atom is 0.287 e. The SMILES string of the molecule is CC(C)C(Br)CNC(=O)c1ccc(Br)o1. The summed E-state index contributed by atoms with van der Waals surface area (Å²) in [6.07, 6.45) is 0. The molecule has 1 N–H and O–H groups in total. The number of furan rings is 1. The monoisotopic (exact) mass is 337 g/mol. The van der Waals surface area contributed by atoms with E-state index in [0.29, 0.717) is 22.9 Å². The van der Waals surface area contributed by atoms with Crippen LogP contribution in [0, 0.1) is 5.92 Å². The molecule has 0 aliphatic heterocycles. The van der Waals surface area contributed by atoms with Crippen LogP contribution in [0.3, 0.4) is 0 Å². The first-order valence-corrected chi connectivity index (χ1v) is 6.39. The van der Waals surface area contributed by atoms with E-state index in [1.165, 1.54) is 0 Å². The van der Waals surface area contributed by atoms with Gasteiger partial charge in [-0.05, 0) is 34.0 Å². The fraction of sp³-hybridized carbons (Fsp3) is 0.500. The first kappa shape index (κ1) is 12.8. The third kappa shape index (κ3) is 3.99. The van der Waals surface area contributed by atoms with Crippen LogP contribution in [0.5, 0.6) is 0 Å². The third-order valence-electron chi connectivity index (χ3n) is 1.98. The van der Waals surface area contributed by atoms with Gasteiger partial charge in [0.15, 0.2) is 10.4 Å². The van der Waals surface area contributed by atoms with Gasteiger partial charge in [-0.3, -0.25) is 4.79 Å². The Labute approximate surface area is 106 Å². The lowest BCUT2D eigenvalue weighted by Crippen LogP contribution is -2.31. The fourth-order valence-corrected chi connectivity index (χ4v) is 1.42. The maximum absolute atomic E-state index is 11.5. The largest absolute Gasteiger partial charge is 0.444 e. The molecule has 0 aliphatic carbocycles. The van der Waals surface area contributed by atoms with Crippen LogP contribution in [0.2, 0.25) is 0 Å². The van der Waals surface area contributed by atoms with Crippen molar-refractivity contribution in [3.63, 3.8) is 0 Å². The molecule has 1 aromatic heterocycles. The van der Waals surface area contributed by atoms with Crippen LogP contribution in [0.15, 0.2) is 21.2 Å². The first-order chi connectivity index (χ1) is 7.00. The second-order valence-electron chi connectivity index (χ2n) is 3.57. The minimum Gasteiger partial charge on any atom is -0.444 e. The minimum atomic E-state index is -0.189. The Morgan fingerprint density at radius 2 is 2.20 bits per heavy atom. The van der Waals surface area contributed by atoms with Gasteiger partial charge in [0.05, 0.1) is 0 Å². The summed E-state index contributed by atoms with van der Waals surface area (Å²) >= 11 is 6.64. The summed E-state index contributed by atoms with van der Waals surface area (Å²) in [5.74, 6) is 0.616. The zero-order valence-electron chi connectivity index (χ0n) is 8.59. The summed E-state index contributed by atoms with van der Waals surface area (Å²) in [7, 11) is 0. The van der Waals surface area contributed by atoms with Gasteiger partial charge in [0.25, 0.3) is 5.91 Å². The molecule has 0 saturated heterocycles. The Morgan fingerprint density at radius 1 is 1.53 bits per heavy atom. The average molecular weight is 339 g/mol. The molecule has 15 heavy (non-hydrogen) atoms. The molecule has 3 nitrogen and oxygen atoms in total. The number of halogens is 2. The number of alkyl halides is 1. The number of hydrogen-bond acceptors (Lipinski definition) is 2. The van der Waals surface area contributed by atoms with Gasteiger partial charge in [0.1, 0.15) is 0 Å². The Morgan fingerprint density at radius 3 is 2.67 bits per heavy atom. The minimum absolute atomic E-state index is 0.189. The van der Waals surface area contributed by atoms with Crippen LogP contribution in [-0.2, 0) is 0 Å². The van der Waals surface area contributed by atoms with Gasteiger partial charge in [0.2, 0.25) is 0 Å². The molecule has 1 heterocycles. The lowest BCUT2D eigenvalue weighted by atomic mass is 10.1. The Balaban J connectivity index is 2.43. The molecule has 0 radical (unpaired) electrons. The second-order valence-corrected chi connectivity index (χ2v) is 5.53. The molecule has 0 saturated carbocycles. The predicted molar refractivity (Wildman–Crippen MR) is 66.3 cm³/mol. The van der Waals surface area contributed by atoms with Crippen molar-refractivity contribution < 1.29 is 9.21 Å². The molecule has 0 aliphatic rings. The highest BCUT2D eigenvalue weighted by Gasteiger charge is 2.13. The van der Waals surface area contributed by atoms with Crippen molar-refractivity contribution in [3.05, 3.63) is 22.6 Å². The highest BCUT2D eigenvalue weighted by Crippen LogP contribution is 2.14.